The van der Waals surface area contributed by atoms with E-state index >= 15 is 0 Å². The standard InChI is InChI=1S/C10H8Br2OS2/c11-9-5-7(10(12)15-9)8(13)4-6-2-1-3-14-6/h1-3,5,8,13H,4H2. The highest BCUT2D eigenvalue weighted by Gasteiger charge is 2.15. The summed E-state index contributed by atoms with van der Waals surface area (Å²) < 4.78 is 2.04. The Balaban J connectivity index is 2.14. The van der Waals surface area contributed by atoms with Crippen LogP contribution in [0.5, 0.6) is 0 Å². The van der Waals surface area contributed by atoms with Crippen molar-refractivity contribution in [1.29, 1.82) is 0 Å². The second kappa shape index (κ2) is 5.10. The van der Waals surface area contributed by atoms with E-state index < -0.39 is 6.10 Å². The van der Waals surface area contributed by atoms with E-state index in [4.69, 9.17) is 0 Å². The van der Waals surface area contributed by atoms with E-state index in [1.807, 2.05) is 23.6 Å². The van der Waals surface area contributed by atoms with E-state index in [0.29, 0.717) is 6.42 Å². The Bertz CT molecular complexity index is 436. The van der Waals surface area contributed by atoms with Crippen molar-refractivity contribution >= 4 is 54.5 Å². The van der Waals surface area contributed by atoms with Gasteiger partial charge in [0.1, 0.15) is 0 Å². The number of aliphatic hydroxyl groups excluding tert-OH is 1. The summed E-state index contributed by atoms with van der Waals surface area (Å²) in [6.07, 6.45) is 0.250. The summed E-state index contributed by atoms with van der Waals surface area (Å²) in [5, 5.41) is 12.1. The van der Waals surface area contributed by atoms with Crippen molar-refractivity contribution in [2.45, 2.75) is 12.5 Å². The molecule has 1 N–H and O–H groups in total. The third kappa shape index (κ3) is 2.91. The fraction of sp³-hybridized carbons (Fsp3) is 0.200. The molecule has 2 rings (SSSR count). The fourth-order valence-electron chi connectivity index (χ4n) is 1.31. The van der Waals surface area contributed by atoms with E-state index in [0.717, 1.165) is 13.1 Å². The van der Waals surface area contributed by atoms with E-state index in [-0.39, 0.29) is 0 Å². The Hall–Kier alpha value is 0.320. The minimum atomic E-state index is -0.430. The normalized spacial score (nSPS) is 13.0. The van der Waals surface area contributed by atoms with Crippen LogP contribution in [0.1, 0.15) is 16.5 Å². The molecule has 0 spiro atoms. The van der Waals surface area contributed by atoms with Gasteiger partial charge < -0.3 is 5.11 Å². The van der Waals surface area contributed by atoms with E-state index in [1.165, 1.54) is 4.88 Å². The molecule has 5 heteroatoms. The van der Waals surface area contributed by atoms with Crippen LogP contribution in [0.4, 0.5) is 0 Å². The first-order valence-electron chi connectivity index (χ1n) is 4.32. The number of aliphatic hydroxyl groups is 1. The third-order valence-corrected chi connectivity index (χ3v) is 5.30. The summed E-state index contributed by atoms with van der Waals surface area (Å²) >= 11 is 10.1. The summed E-state index contributed by atoms with van der Waals surface area (Å²) in [5.74, 6) is 0. The van der Waals surface area contributed by atoms with Gasteiger partial charge in [0, 0.05) is 16.9 Å². The van der Waals surface area contributed by atoms with E-state index in [1.54, 1.807) is 22.7 Å². The van der Waals surface area contributed by atoms with E-state index in [9.17, 15) is 5.11 Å². The molecule has 0 amide bonds. The summed E-state index contributed by atoms with van der Waals surface area (Å²) in [6, 6.07) is 6.02. The van der Waals surface area contributed by atoms with Crippen LogP contribution >= 0.6 is 54.5 Å². The maximum absolute atomic E-state index is 10.0. The Morgan fingerprint density at radius 2 is 2.20 bits per heavy atom. The van der Waals surface area contributed by atoms with Crippen molar-refractivity contribution in [2.24, 2.45) is 0 Å². The highest BCUT2D eigenvalue weighted by atomic mass is 79.9. The minimum Gasteiger partial charge on any atom is -0.388 e. The van der Waals surface area contributed by atoms with Gasteiger partial charge in [-0.25, -0.2) is 0 Å². The zero-order valence-corrected chi connectivity index (χ0v) is 12.4. The molecule has 2 heterocycles. The number of halogens is 2. The maximum atomic E-state index is 10.0. The number of hydrogen-bond donors (Lipinski definition) is 1. The molecular weight excluding hydrogens is 360 g/mol. The van der Waals surface area contributed by atoms with Crippen LogP contribution in [-0.4, -0.2) is 5.11 Å². The van der Waals surface area contributed by atoms with Crippen molar-refractivity contribution in [3.63, 3.8) is 0 Å². The van der Waals surface area contributed by atoms with Crippen molar-refractivity contribution < 1.29 is 5.11 Å². The van der Waals surface area contributed by atoms with Gasteiger partial charge >= 0.3 is 0 Å². The largest absolute Gasteiger partial charge is 0.388 e. The van der Waals surface area contributed by atoms with Crippen LogP contribution in [0.2, 0.25) is 0 Å². The molecule has 0 aliphatic carbocycles. The Kier molecular flexibility index (Phi) is 4.01. The van der Waals surface area contributed by atoms with Gasteiger partial charge in [0.15, 0.2) is 0 Å². The predicted molar refractivity (Wildman–Crippen MR) is 72.7 cm³/mol. The summed E-state index contributed by atoms with van der Waals surface area (Å²) in [5.41, 5.74) is 0.959. The van der Waals surface area contributed by atoms with Crippen molar-refractivity contribution in [1.82, 2.24) is 0 Å². The van der Waals surface area contributed by atoms with Gasteiger partial charge in [-0.2, -0.15) is 0 Å². The van der Waals surface area contributed by atoms with Gasteiger partial charge in [-0.15, -0.1) is 22.7 Å². The molecule has 0 saturated carbocycles. The van der Waals surface area contributed by atoms with Crippen LogP contribution in [0.25, 0.3) is 0 Å². The molecule has 0 fully saturated rings. The van der Waals surface area contributed by atoms with Gasteiger partial charge in [-0.3, -0.25) is 0 Å². The molecular formula is C10H8Br2OS2. The van der Waals surface area contributed by atoms with Gasteiger partial charge in [-0.05, 0) is 49.4 Å². The van der Waals surface area contributed by atoms with Gasteiger partial charge in [0.25, 0.3) is 0 Å². The van der Waals surface area contributed by atoms with Crippen LogP contribution in [-0.2, 0) is 6.42 Å². The fourth-order valence-corrected chi connectivity index (χ4v) is 5.01. The molecule has 0 bridgehead atoms. The molecule has 80 valence electrons. The van der Waals surface area contributed by atoms with E-state index in [2.05, 4.69) is 31.9 Å². The van der Waals surface area contributed by atoms with Crippen LogP contribution < -0.4 is 0 Å². The van der Waals surface area contributed by atoms with Gasteiger partial charge in [0.2, 0.25) is 0 Å². The zero-order chi connectivity index (χ0) is 10.8. The Morgan fingerprint density at radius 3 is 2.73 bits per heavy atom. The summed E-state index contributed by atoms with van der Waals surface area (Å²) in [4.78, 5) is 1.21. The third-order valence-electron chi connectivity index (χ3n) is 2.02. The smallest absolute Gasteiger partial charge is 0.0857 e. The van der Waals surface area contributed by atoms with Crippen LogP contribution in [0, 0.1) is 0 Å². The lowest BCUT2D eigenvalue weighted by Gasteiger charge is -2.07. The first kappa shape index (κ1) is 11.8. The minimum absolute atomic E-state index is 0.430. The lowest BCUT2D eigenvalue weighted by atomic mass is 10.1. The van der Waals surface area contributed by atoms with Crippen LogP contribution in [0.3, 0.4) is 0 Å². The Morgan fingerprint density at radius 1 is 1.40 bits per heavy atom. The van der Waals surface area contributed by atoms with Gasteiger partial charge in [0.05, 0.1) is 13.7 Å². The number of rotatable bonds is 3. The molecule has 0 aliphatic heterocycles. The maximum Gasteiger partial charge on any atom is 0.0857 e. The molecule has 2 aromatic rings. The highest BCUT2D eigenvalue weighted by Crippen LogP contribution is 2.36. The first-order chi connectivity index (χ1) is 7.16. The van der Waals surface area contributed by atoms with Crippen molar-refractivity contribution in [3.8, 4) is 0 Å². The summed E-state index contributed by atoms with van der Waals surface area (Å²) in [7, 11) is 0. The SMILES string of the molecule is OC(Cc1cccs1)c1cc(Br)sc1Br. The van der Waals surface area contributed by atoms with Crippen molar-refractivity contribution in [3.05, 3.63) is 41.6 Å². The van der Waals surface area contributed by atoms with Gasteiger partial charge in [-0.1, -0.05) is 6.07 Å². The zero-order valence-electron chi connectivity index (χ0n) is 7.61. The van der Waals surface area contributed by atoms with Crippen molar-refractivity contribution in [2.75, 3.05) is 0 Å². The number of thiophene rings is 2. The molecule has 2 aromatic heterocycles. The molecule has 0 aliphatic rings. The molecule has 1 atom stereocenters. The van der Waals surface area contributed by atoms with Crippen LogP contribution in [0.15, 0.2) is 31.2 Å². The molecule has 1 unspecified atom stereocenters. The molecule has 0 radical (unpaired) electrons. The average molecular weight is 368 g/mol. The number of hydrogen-bond acceptors (Lipinski definition) is 3. The molecule has 1 nitrogen and oxygen atoms in total. The first-order valence-corrected chi connectivity index (χ1v) is 7.60. The second-order valence-electron chi connectivity index (χ2n) is 3.08. The monoisotopic (exact) mass is 366 g/mol. The Labute approximate surface area is 113 Å². The summed E-state index contributed by atoms with van der Waals surface area (Å²) in [6.45, 7) is 0. The topological polar surface area (TPSA) is 20.2 Å². The molecule has 0 saturated heterocycles. The average Bonchev–Trinajstić information content (AvgIpc) is 2.75. The lowest BCUT2D eigenvalue weighted by Crippen LogP contribution is -1.99. The lowest BCUT2D eigenvalue weighted by molar-refractivity contribution is 0.179. The highest BCUT2D eigenvalue weighted by molar-refractivity contribution is 9.12. The predicted octanol–water partition coefficient (Wildman–Crippen LogP) is 4.61. The molecule has 0 aromatic carbocycles. The second-order valence-corrected chi connectivity index (χ2v) is 7.86. The quantitative estimate of drug-likeness (QED) is 0.839. The molecule has 15 heavy (non-hydrogen) atoms.